The topological polar surface area (TPSA) is 77.2 Å². The second kappa shape index (κ2) is 6.67. The number of carboxylic acid groups (broad SMARTS) is 1. The van der Waals surface area contributed by atoms with Crippen molar-refractivity contribution in [2.75, 3.05) is 0 Å². The maximum atomic E-state index is 13.5. The lowest BCUT2D eigenvalue weighted by Crippen LogP contribution is -2.07. The Kier molecular flexibility index (Phi) is 4.43. The van der Waals surface area contributed by atoms with Crippen molar-refractivity contribution < 1.29 is 19.0 Å². The highest BCUT2D eigenvalue weighted by Gasteiger charge is 2.14. The maximum Gasteiger partial charge on any atom is 0.335 e. The maximum absolute atomic E-state index is 13.5. The molecule has 0 atom stereocenters. The highest BCUT2D eigenvalue weighted by Crippen LogP contribution is 2.20. The van der Waals surface area contributed by atoms with E-state index in [0.29, 0.717) is 5.02 Å². The van der Waals surface area contributed by atoms with E-state index in [-0.39, 0.29) is 23.9 Å². The summed E-state index contributed by atoms with van der Waals surface area (Å²) < 4.78 is 20.2. The molecule has 0 aliphatic carbocycles. The zero-order valence-corrected chi connectivity index (χ0v) is 12.9. The number of hydrogen-bond acceptors (Lipinski definition) is 4. The molecule has 0 radical (unpaired) electrons. The number of carboxylic acids is 1. The Labute approximate surface area is 141 Å². The number of ether oxygens (including phenoxy) is 1. The zero-order valence-electron chi connectivity index (χ0n) is 12.2. The lowest BCUT2D eigenvalue weighted by Gasteiger charge is -2.09. The van der Waals surface area contributed by atoms with Gasteiger partial charge in [0.05, 0.1) is 11.6 Å². The molecule has 0 amide bonds. The molecule has 1 aromatic carbocycles. The van der Waals surface area contributed by atoms with Crippen molar-refractivity contribution in [3.05, 3.63) is 70.8 Å². The number of aromatic nitrogens is 3. The van der Waals surface area contributed by atoms with Crippen molar-refractivity contribution in [2.24, 2.45) is 0 Å². The van der Waals surface area contributed by atoms with Gasteiger partial charge in [-0.05, 0) is 29.8 Å². The molecule has 122 valence electrons. The molecule has 0 fully saturated rings. The van der Waals surface area contributed by atoms with Crippen LogP contribution in [0.1, 0.15) is 15.9 Å². The van der Waals surface area contributed by atoms with Gasteiger partial charge in [-0.15, -0.1) is 5.10 Å². The largest absolute Gasteiger partial charge is 0.478 e. The SMILES string of the molecule is O=C(O)c1ccnc(-n2nc(F)cc2OCc2ccc(Cl)cc2)c1. The second-order valence-electron chi connectivity index (χ2n) is 4.84. The van der Waals surface area contributed by atoms with Gasteiger partial charge in [0.1, 0.15) is 6.61 Å². The summed E-state index contributed by atoms with van der Waals surface area (Å²) in [6.07, 6.45) is 1.31. The van der Waals surface area contributed by atoms with E-state index in [2.05, 4.69) is 10.1 Å². The third kappa shape index (κ3) is 3.52. The first-order valence-electron chi connectivity index (χ1n) is 6.85. The van der Waals surface area contributed by atoms with Crippen LogP contribution in [-0.4, -0.2) is 25.8 Å². The minimum atomic E-state index is -1.12. The summed E-state index contributed by atoms with van der Waals surface area (Å²) in [5.74, 6) is -1.62. The van der Waals surface area contributed by atoms with Crippen molar-refractivity contribution in [3.63, 3.8) is 0 Å². The van der Waals surface area contributed by atoms with Gasteiger partial charge in [0.25, 0.3) is 0 Å². The summed E-state index contributed by atoms with van der Waals surface area (Å²) in [7, 11) is 0. The summed E-state index contributed by atoms with van der Waals surface area (Å²) >= 11 is 5.82. The Morgan fingerprint density at radius 1 is 1.25 bits per heavy atom. The fourth-order valence-electron chi connectivity index (χ4n) is 2.01. The number of benzene rings is 1. The van der Waals surface area contributed by atoms with E-state index in [0.717, 1.165) is 16.3 Å². The quantitative estimate of drug-likeness (QED) is 0.766. The lowest BCUT2D eigenvalue weighted by atomic mass is 10.2. The summed E-state index contributed by atoms with van der Waals surface area (Å²) in [5.41, 5.74) is 0.847. The first-order valence-corrected chi connectivity index (χ1v) is 7.23. The molecular formula is C16H11ClFN3O3. The monoisotopic (exact) mass is 347 g/mol. The zero-order chi connectivity index (χ0) is 17.1. The Balaban J connectivity index is 1.86. The third-order valence-electron chi connectivity index (χ3n) is 3.16. The molecule has 0 unspecified atom stereocenters. The van der Waals surface area contributed by atoms with Gasteiger partial charge in [-0.25, -0.2) is 9.78 Å². The highest BCUT2D eigenvalue weighted by atomic mass is 35.5. The molecule has 8 heteroatoms. The van der Waals surface area contributed by atoms with Crippen LogP contribution in [0.5, 0.6) is 5.88 Å². The van der Waals surface area contributed by atoms with Crippen molar-refractivity contribution in [3.8, 4) is 11.7 Å². The number of nitrogens with zero attached hydrogens (tertiary/aromatic N) is 3. The fraction of sp³-hybridized carbons (Fsp3) is 0.0625. The Morgan fingerprint density at radius 2 is 2.00 bits per heavy atom. The average Bonchev–Trinajstić information content (AvgIpc) is 2.95. The van der Waals surface area contributed by atoms with Crippen LogP contribution >= 0.6 is 11.6 Å². The second-order valence-corrected chi connectivity index (χ2v) is 5.28. The minimum Gasteiger partial charge on any atom is -0.478 e. The average molecular weight is 348 g/mol. The van der Waals surface area contributed by atoms with Gasteiger partial charge in [-0.2, -0.15) is 9.07 Å². The molecular weight excluding hydrogens is 337 g/mol. The molecule has 0 aliphatic rings. The van der Waals surface area contributed by atoms with Crippen LogP contribution in [0.3, 0.4) is 0 Å². The van der Waals surface area contributed by atoms with Gasteiger partial charge in [-0.1, -0.05) is 23.7 Å². The van der Waals surface area contributed by atoms with Crippen LogP contribution in [0.15, 0.2) is 48.7 Å². The summed E-state index contributed by atoms with van der Waals surface area (Å²) in [6, 6.07) is 10.7. The highest BCUT2D eigenvalue weighted by molar-refractivity contribution is 6.30. The molecule has 0 bridgehead atoms. The van der Waals surface area contributed by atoms with Gasteiger partial charge < -0.3 is 9.84 Å². The van der Waals surface area contributed by atoms with Crippen LogP contribution < -0.4 is 4.74 Å². The normalized spacial score (nSPS) is 10.6. The third-order valence-corrected chi connectivity index (χ3v) is 3.41. The molecule has 0 aliphatic heterocycles. The molecule has 1 N–H and O–H groups in total. The van der Waals surface area contributed by atoms with E-state index in [1.807, 2.05) is 0 Å². The number of halogens is 2. The van der Waals surface area contributed by atoms with Crippen LogP contribution in [-0.2, 0) is 6.61 Å². The molecule has 2 aromatic heterocycles. The smallest absolute Gasteiger partial charge is 0.335 e. The summed E-state index contributed by atoms with van der Waals surface area (Å²) in [6.45, 7) is 0.168. The van der Waals surface area contributed by atoms with E-state index in [9.17, 15) is 9.18 Å². The van der Waals surface area contributed by atoms with Crippen molar-refractivity contribution >= 4 is 17.6 Å². The lowest BCUT2D eigenvalue weighted by molar-refractivity contribution is 0.0696. The van der Waals surface area contributed by atoms with Gasteiger partial charge in [-0.3, -0.25) is 0 Å². The van der Waals surface area contributed by atoms with Crippen LogP contribution in [0.4, 0.5) is 4.39 Å². The van der Waals surface area contributed by atoms with E-state index in [1.165, 1.54) is 18.3 Å². The van der Waals surface area contributed by atoms with E-state index >= 15 is 0 Å². The van der Waals surface area contributed by atoms with Crippen molar-refractivity contribution in [2.45, 2.75) is 6.61 Å². The fourth-order valence-corrected chi connectivity index (χ4v) is 2.13. The standard InChI is InChI=1S/C16H11ClFN3O3/c17-12-3-1-10(2-4-12)9-24-15-8-13(18)20-21(15)14-7-11(16(22)23)5-6-19-14/h1-8H,9H2,(H,22,23). The van der Waals surface area contributed by atoms with E-state index in [1.54, 1.807) is 24.3 Å². The Bertz CT molecular complexity index is 881. The molecule has 0 saturated carbocycles. The Morgan fingerprint density at radius 3 is 2.71 bits per heavy atom. The first-order chi connectivity index (χ1) is 11.5. The van der Waals surface area contributed by atoms with Gasteiger partial charge >= 0.3 is 5.97 Å². The van der Waals surface area contributed by atoms with Crippen LogP contribution in [0.2, 0.25) is 5.02 Å². The molecule has 3 aromatic rings. The number of aromatic carboxylic acids is 1. The van der Waals surface area contributed by atoms with E-state index in [4.69, 9.17) is 21.4 Å². The molecule has 0 saturated heterocycles. The molecule has 2 heterocycles. The Hall–Kier alpha value is -2.93. The predicted octanol–water partition coefficient (Wildman–Crippen LogP) is 3.34. The molecule has 3 rings (SSSR count). The molecule has 24 heavy (non-hydrogen) atoms. The molecule has 6 nitrogen and oxygen atoms in total. The number of carbonyl (C=O) groups is 1. The van der Waals surface area contributed by atoms with E-state index < -0.39 is 11.9 Å². The van der Waals surface area contributed by atoms with Gasteiger partial charge in [0.15, 0.2) is 5.82 Å². The number of pyridine rings is 1. The number of hydrogen-bond donors (Lipinski definition) is 1. The summed E-state index contributed by atoms with van der Waals surface area (Å²) in [5, 5.41) is 13.3. The predicted molar refractivity (Wildman–Crippen MR) is 84.1 cm³/mol. The number of rotatable bonds is 5. The van der Waals surface area contributed by atoms with Crippen molar-refractivity contribution in [1.29, 1.82) is 0 Å². The van der Waals surface area contributed by atoms with Crippen LogP contribution in [0, 0.1) is 5.95 Å². The van der Waals surface area contributed by atoms with Crippen molar-refractivity contribution in [1.82, 2.24) is 14.8 Å². The first kappa shape index (κ1) is 15.9. The molecule has 0 spiro atoms. The van der Waals surface area contributed by atoms with Gasteiger partial charge in [0.2, 0.25) is 11.8 Å². The van der Waals surface area contributed by atoms with Gasteiger partial charge in [0, 0.05) is 11.2 Å². The summed E-state index contributed by atoms with van der Waals surface area (Å²) in [4.78, 5) is 15.0. The minimum absolute atomic E-state index is 0.0135. The van der Waals surface area contributed by atoms with Crippen LogP contribution in [0.25, 0.3) is 5.82 Å².